The molecule has 0 bridgehead atoms. The summed E-state index contributed by atoms with van der Waals surface area (Å²) in [5.74, 6) is 1.55. The second-order valence-corrected chi connectivity index (χ2v) is 13.4. The number of sulfonamides is 1. The van der Waals surface area contributed by atoms with E-state index in [2.05, 4.69) is 29.9 Å². The zero-order chi connectivity index (χ0) is 25.0. The fourth-order valence-corrected chi connectivity index (χ4v) is 8.65. The van der Waals surface area contributed by atoms with E-state index in [1.807, 2.05) is 6.92 Å². The summed E-state index contributed by atoms with van der Waals surface area (Å²) in [7, 11) is -3.67. The van der Waals surface area contributed by atoms with Gasteiger partial charge < -0.3 is 4.74 Å². The fourth-order valence-electron chi connectivity index (χ4n) is 7.82. The minimum atomic E-state index is -3.67. The molecule has 3 fully saturated rings. The number of carbonyl (C=O) groups is 1. The highest BCUT2D eigenvalue weighted by Gasteiger charge is 2.58. The molecule has 3 saturated carbocycles. The number of nitrogens with zero attached hydrogens (tertiary/aromatic N) is 1. The summed E-state index contributed by atoms with van der Waals surface area (Å²) in [6.45, 7) is 8.18. The number of carbonyl (C=O) groups excluding carboxylic acids is 1. The van der Waals surface area contributed by atoms with Gasteiger partial charge in [0.15, 0.2) is 0 Å². The van der Waals surface area contributed by atoms with E-state index in [-0.39, 0.29) is 27.8 Å². The molecule has 190 valence electrons. The topological polar surface area (TPSA) is 84.8 Å². The van der Waals surface area contributed by atoms with Crippen molar-refractivity contribution in [2.24, 2.45) is 33.7 Å². The molecule has 0 unspecified atom stereocenters. The van der Waals surface area contributed by atoms with Gasteiger partial charge in [-0.05, 0) is 87.2 Å². The Morgan fingerprint density at radius 1 is 1.06 bits per heavy atom. The second kappa shape index (κ2) is 8.75. The van der Waals surface area contributed by atoms with Gasteiger partial charge in [0.1, 0.15) is 6.10 Å². The molecule has 6 atom stereocenters. The number of esters is 1. The smallest absolute Gasteiger partial charge is 0.302 e. The molecule has 0 aromatic heterocycles. The molecule has 1 aromatic carbocycles. The lowest BCUT2D eigenvalue weighted by atomic mass is 9.48. The van der Waals surface area contributed by atoms with Gasteiger partial charge in [-0.1, -0.05) is 43.2 Å². The van der Waals surface area contributed by atoms with E-state index in [1.165, 1.54) is 12.5 Å². The van der Waals surface area contributed by atoms with Crippen molar-refractivity contribution < 1.29 is 17.9 Å². The number of ether oxygens (including phenoxy) is 1. The summed E-state index contributed by atoms with van der Waals surface area (Å²) in [6.07, 6.45) is 10.5. The molecule has 0 aliphatic heterocycles. The molecule has 4 aliphatic carbocycles. The first kappa shape index (κ1) is 24.5. The maximum absolute atomic E-state index is 12.8. The number of nitrogens with one attached hydrogen (secondary N) is 1. The zero-order valence-electron chi connectivity index (χ0n) is 21.3. The van der Waals surface area contributed by atoms with Gasteiger partial charge in [0.25, 0.3) is 10.0 Å². The zero-order valence-corrected chi connectivity index (χ0v) is 22.2. The Morgan fingerprint density at radius 3 is 2.46 bits per heavy atom. The quantitative estimate of drug-likeness (QED) is 0.336. The standard InChI is InChI=1S/C28H38N2O4S/c1-18-5-8-22(9-6-18)35(32,33)30-29-26-12-11-24-23-10-7-20-17-21(34-19(2)31)13-15-27(20,3)25(23)14-16-28(24,26)4/h5-9,21,23-25,30H,10-17H2,1-4H3/b29-26+/t21-,23+,24+,25+,27+,28+/m1/s1. The molecular weight excluding hydrogens is 460 g/mol. The van der Waals surface area contributed by atoms with Crippen LogP contribution in [0.5, 0.6) is 0 Å². The van der Waals surface area contributed by atoms with E-state index in [4.69, 9.17) is 4.74 Å². The molecule has 6 nitrogen and oxygen atoms in total. The van der Waals surface area contributed by atoms with Gasteiger partial charge >= 0.3 is 5.97 Å². The Hall–Kier alpha value is -2.15. The van der Waals surface area contributed by atoms with Crippen molar-refractivity contribution in [2.75, 3.05) is 0 Å². The maximum Gasteiger partial charge on any atom is 0.302 e. The highest BCUT2D eigenvalue weighted by molar-refractivity contribution is 7.89. The van der Waals surface area contributed by atoms with Gasteiger partial charge in [-0.15, -0.1) is 0 Å². The average molecular weight is 499 g/mol. The Morgan fingerprint density at radius 2 is 1.74 bits per heavy atom. The van der Waals surface area contributed by atoms with Gasteiger partial charge in [0.2, 0.25) is 0 Å². The lowest BCUT2D eigenvalue weighted by Crippen LogP contribution is -2.50. The number of rotatable bonds is 4. The van der Waals surface area contributed by atoms with Crippen molar-refractivity contribution in [3.63, 3.8) is 0 Å². The van der Waals surface area contributed by atoms with Crippen LogP contribution in [-0.2, 0) is 19.6 Å². The second-order valence-electron chi connectivity index (χ2n) is 11.7. The van der Waals surface area contributed by atoms with Crippen LogP contribution >= 0.6 is 0 Å². The molecule has 1 aromatic rings. The molecular formula is C28H38N2O4S. The number of hydrogen-bond acceptors (Lipinski definition) is 5. The van der Waals surface area contributed by atoms with Crippen LogP contribution in [0.2, 0.25) is 0 Å². The van der Waals surface area contributed by atoms with E-state index in [9.17, 15) is 13.2 Å². The number of hydrogen-bond donors (Lipinski definition) is 1. The third-order valence-corrected chi connectivity index (χ3v) is 11.0. The third kappa shape index (κ3) is 4.24. The van der Waals surface area contributed by atoms with Crippen LogP contribution in [0.25, 0.3) is 0 Å². The van der Waals surface area contributed by atoms with E-state index in [0.29, 0.717) is 17.8 Å². The van der Waals surface area contributed by atoms with Gasteiger partial charge in [-0.25, -0.2) is 4.83 Å². The van der Waals surface area contributed by atoms with Gasteiger partial charge in [-0.3, -0.25) is 4.79 Å². The van der Waals surface area contributed by atoms with E-state index in [1.54, 1.807) is 24.3 Å². The molecule has 35 heavy (non-hydrogen) atoms. The van der Waals surface area contributed by atoms with Crippen molar-refractivity contribution in [1.29, 1.82) is 0 Å². The predicted octanol–water partition coefficient (Wildman–Crippen LogP) is 5.52. The first-order valence-electron chi connectivity index (χ1n) is 13.1. The largest absolute Gasteiger partial charge is 0.462 e. The molecule has 4 aliphatic rings. The number of hydrazone groups is 1. The monoisotopic (exact) mass is 498 g/mol. The van der Waals surface area contributed by atoms with Crippen molar-refractivity contribution in [3.8, 4) is 0 Å². The molecule has 0 saturated heterocycles. The summed E-state index contributed by atoms with van der Waals surface area (Å²) in [4.78, 5) is 14.3. The van der Waals surface area contributed by atoms with Crippen LogP contribution in [0.1, 0.15) is 77.7 Å². The Bertz CT molecular complexity index is 1170. The first-order valence-corrected chi connectivity index (χ1v) is 14.5. The van der Waals surface area contributed by atoms with E-state index in [0.717, 1.165) is 62.6 Å². The molecule has 1 N–H and O–H groups in total. The number of benzene rings is 1. The van der Waals surface area contributed by atoms with Gasteiger partial charge in [-0.2, -0.15) is 13.5 Å². The van der Waals surface area contributed by atoms with Crippen LogP contribution in [0.3, 0.4) is 0 Å². The molecule has 7 heteroatoms. The van der Waals surface area contributed by atoms with Crippen LogP contribution in [0, 0.1) is 35.5 Å². The van der Waals surface area contributed by atoms with Gasteiger partial charge in [0, 0.05) is 24.5 Å². The van der Waals surface area contributed by atoms with Crippen LogP contribution in [-0.4, -0.2) is 26.2 Å². The maximum atomic E-state index is 12.8. The average Bonchev–Trinajstić information content (AvgIpc) is 3.14. The van der Waals surface area contributed by atoms with Crippen LogP contribution in [0.15, 0.2) is 45.9 Å². The summed E-state index contributed by atoms with van der Waals surface area (Å²) >= 11 is 0. The summed E-state index contributed by atoms with van der Waals surface area (Å²) < 4.78 is 31.2. The fraction of sp³-hybridized carbons (Fsp3) is 0.643. The predicted molar refractivity (Wildman–Crippen MR) is 136 cm³/mol. The van der Waals surface area contributed by atoms with Gasteiger partial charge in [0.05, 0.1) is 4.90 Å². The molecule has 0 spiro atoms. The lowest BCUT2D eigenvalue weighted by Gasteiger charge is -2.57. The summed E-state index contributed by atoms with van der Waals surface area (Å²) in [5, 5.41) is 4.54. The summed E-state index contributed by atoms with van der Waals surface area (Å²) in [5.41, 5.74) is 3.63. The van der Waals surface area contributed by atoms with Crippen molar-refractivity contribution in [3.05, 3.63) is 41.5 Å². The SMILES string of the molecule is CC(=O)O[C@@H]1CC[C@@]2(C)C(=CC[C@@H]3[C@@H]2CC[C@]2(C)/C(=N/NS(=O)(=O)c4ccc(C)cc4)CC[C@@H]32)C1. The highest BCUT2D eigenvalue weighted by atomic mass is 32.2. The highest BCUT2D eigenvalue weighted by Crippen LogP contribution is 2.64. The normalized spacial score (nSPS) is 37.6. The Labute approximate surface area is 209 Å². The molecule has 0 heterocycles. The Kier molecular flexibility index (Phi) is 6.14. The number of fused-ring (bicyclic) bond motifs is 5. The van der Waals surface area contributed by atoms with Crippen molar-refractivity contribution >= 4 is 21.7 Å². The van der Waals surface area contributed by atoms with E-state index < -0.39 is 10.0 Å². The minimum Gasteiger partial charge on any atom is -0.462 e. The molecule has 0 radical (unpaired) electrons. The molecule has 0 amide bonds. The number of aryl methyl sites for hydroxylation is 1. The third-order valence-electron chi connectivity index (χ3n) is 9.76. The van der Waals surface area contributed by atoms with Crippen LogP contribution in [0.4, 0.5) is 0 Å². The first-order chi connectivity index (χ1) is 16.5. The lowest BCUT2D eigenvalue weighted by molar-refractivity contribution is -0.148. The number of allylic oxidation sites excluding steroid dienone is 1. The summed E-state index contributed by atoms with van der Waals surface area (Å²) in [6, 6.07) is 6.87. The Balaban J connectivity index is 1.34. The van der Waals surface area contributed by atoms with Crippen molar-refractivity contribution in [2.45, 2.75) is 90.1 Å². The van der Waals surface area contributed by atoms with Crippen LogP contribution < -0.4 is 4.83 Å². The molecule has 5 rings (SSSR count). The van der Waals surface area contributed by atoms with E-state index >= 15 is 0 Å². The van der Waals surface area contributed by atoms with Crippen molar-refractivity contribution in [1.82, 2.24) is 4.83 Å². The minimum absolute atomic E-state index is 0.0176.